The van der Waals surface area contributed by atoms with Gasteiger partial charge in [-0.15, -0.1) is 0 Å². The van der Waals surface area contributed by atoms with Gasteiger partial charge in [0.05, 0.1) is 19.8 Å². The van der Waals surface area contributed by atoms with Crippen molar-refractivity contribution in [2.75, 3.05) is 44.7 Å². The number of aliphatic imine (C=N–C) groups is 1. The Morgan fingerprint density at radius 1 is 1.17 bits per heavy atom. The van der Waals surface area contributed by atoms with Crippen molar-refractivity contribution >= 4 is 17.6 Å². The highest BCUT2D eigenvalue weighted by molar-refractivity contribution is 6.10. The minimum Gasteiger partial charge on any atom is -0.379 e. The lowest BCUT2D eigenvalue weighted by Crippen LogP contribution is -2.39. The first-order chi connectivity index (χ1) is 14.2. The summed E-state index contributed by atoms with van der Waals surface area (Å²) in [5.41, 5.74) is 2.25. The third kappa shape index (κ3) is 6.37. The second-order valence-electron chi connectivity index (χ2n) is 6.78. The van der Waals surface area contributed by atoms with Crippen LogP contribution in [0.4, 0.5) is 10.1 Å². The molecule has 0 aromatic heterocycles. The van der Waals surface area contributed by atoms with E-state index in [0.717, 1.165) is 50.5 Å². The number of halogens is 1. The van der Waals surface area contributed by atoms with Crippen molar-refractivity contribution in [3.8, 4) is 0 Å². The Bertz CT molecular complexity index is 850. The summed E-state index contributed by atoms with van der Waals surface area (Å²) in [6.07, 6.45) is 0.849. The van der Waals surface area contributed by atoms with Crippen molar-refractivity contribution < 1.29 is 13.9 Å². The maximum absolute atomic E-state index is 13.5. The van der Waals surface area contributed by atoms with Crippen LogP contribution in [0.2, 0.25) is 0 Å². The Hall–Kier alpha value is -2.77. The second-order valence-corrected chi connectivity index (χ2v) is 6.78. The fourth-order valence-corrected chi connectivity index (χ4v) is 3.13. The molecule has 1 saturated heterocycles. The van der Waals surface area contributed by atoms with Crippen LogP contribution in [0.15, 0.2) is 53.5 Å². The summed E-state index contributed by atoms with van der Waals surface area (Å²) in [7, 11) is 0. The number of rotatable bonds is 6. The van der Waals surface area contributed by atoms with Gasteiger partial charge in [0.1, 0.15) is 5.82 Å². The van der Waals surface area contributed by atoms with E-state index in [1.54, 1.807) is 6.07 Å². The number of carbonyl (C=O) groups is 1. The van der Waals surface area contributed by atoms with Crippen molar-refractivity contribution in [3.05, 3.63) is 65.5 Å². The van der Waals surface area contributed by atoms with E-state index in [9.17, 15) is 9.18 Å². The number of nitrogens with zero attached hydrogens (tertiary/aromatic N) is 2. The molecule has 2 aromatic carbocycles. The Balaban J connectivity index is 1.72. The highest BCUT2D eigenvalue weighted by atomic mass is 19.1. The quantitative estimate of drug-likeness (QED) is 0.580. The fraction of sp³-hybridized carbons (Fsp3) is 0.364. The molecule has 1 aliphatic rings. The molecule has 1 amide bonds. The van der Waals surface area contributed by atoms with Crippen LogP contribution in [-0.2, 0) is 11.2 Å². The van der Waals surface area contributed by atoms with Crippen molar-refractivity contribution in [2.45, 2.75) is 13.3 Å². The number of morpholine rings is 1. The van der Waals surface area contributed by atoms with E-state index in [1.807, 2.05) is 24.3 Å². The predicted octanol–water partition coefficient (Wildman–Crippen LogP) is 2.92. The SMILES string of the molecule is CCc1ccccc1NC(=NCCN1CCOCC1)NC(=O)c1cccc(F)c1. The molecule has 2 aromatic rings. The molecule has 0 unspecified atom stereocenters. The van der Waals surface area contributed by atoms with Crippen molar-refractivity contribution in [1.82, 2.24) is 10.2 Å². The van der Waals surface area contributed by atoms with Gasteiger partial charge in [-0.3, -0.25) is 20.0 Å². The Morgan fingerprint density at radius 3 is 2.72 bits per heavy atom. The van der Waals surface area contributed by atoms with Gasteiger partial charge in [-0.05, 0) is 36.2 Å². The number of anilines is 1. The number of carbonyl (C=O) groups excluding carboxylic acids is 1. The molecule has 7 heteroatoms. The molecule has 6 nitrogen and oxygen atoms in total. The molecule has 154 valence electrons. The lowest BCUT2D eigenvalue weighted by Gasteiger charge is -2.25. The first-order valence-corrected chi connectivity index (χ1v) is 9.92. The summed E-state index contributed by atoms with van der Waals surface area (Å²) in [4.78, 5) is 19.4. The van der Waals surface area contributed by atoms with Crippen molar-refractivity contribution in [1.29, 1.82) is 0 Å². The highest BCUT2D eigenvalue weighted by Crippen LogP contribution is 2.15. The number of amides is 1. The molecular formula is C22H27FN4O2. The van der Waals surface area contributed by atoms with Crippen molar-refractivity contribution in [2.24, 2.45) is 4.99 Å². The number of hydrogen-bond acceptors (Lipinski definition) is 4. The third-order valence-corrected chi connectivity index (χ3v) is 4.76. The zero-order valence-corrected chi connectivity index (χ0v) is 16.7. The smallest absolute Gasteiger partial charge is 0.258 e. The molecule has 1 heterocycles. The standard InChI is InChI=1S/C22H27FN4O2/c1-2-17-6-3-4-9-20(17)25-22(24-10-11-27-12-14-29-15-13-27)26-21(28)18-7-5-8-19(23)16-18/h3-9,16H,2,10-15H2,1H3,(H2,24,25,26,28). The zero-order chi connectivity index (χ0) is 20.5. The largest absolute Gasteiger partial charge is 0.379 e. The molecular weight excluding hydrogens is 371 g/mol. The van der Waals surface area contributed by atoms with Crippen LogP contribution < -0.4 is 10.6 Å². The average molecular weight is 398 g/mol. The molecule has 0 spiro atoms. The third-order valence-electron chi connectivity index (χ3n) is 4.76. The van der Waals surface area contributed by atoms with Gasteiger partial charge in [0, 0.05) is 30.9 Å². The van der Waals surface area contributed by atoms with Crippen LogP contribution >= 0.6 is 0 Å². The van der Waals surface area contributed by atoms with Gasteiger partial charge in [0.15, 0.2) is 0 Å². The minimum absolute atomic E-state index is 0.247. The lowest BCUT2D eigenvalue weighted by molar-refractivity contribution is 0.0394. The number of ether oxygens (including phenoxy) is 1. The molecule has 0 bridgehead atoms. The highest BCUT2D eigenvalue weighted by Gasteiger charge is 2.13. The summed E-state index contributed by atoms with van der Waals surface area (Å²) in [6, 6.07) is 13.5. The van der Waals surface area contributed by atoms with Crippen LogP contribution in [0.3, 0.4) is 0 Å². The number of nitrogens with one attached hydrogen (secondary N) is 2. The van der Waals surface area contributed by atoms with Gasteiger partial charge < -0.3 is 10.1 Å². The molecule has 0 aliphatic carbocycles. The van der Waals surface area contributed by atoms with Crippen molar-refractivity contribution in [3.63, 3.8) is 0 Å². The summed E-state index contributed by atoms with van der Waals surface area (Å²) in [6.45, 7) is 6.60. The normalized spacial score (nSPS) is 15.2. The van der Waals surface area contributed by atoms with E-state index < -0.39 is 11.7 Å². The minimum atomic E-state index is -0.451. The van der Waals surface area contributed by atoms with Crippen LogP contribution in [0.1, 0.15) is 22.8 Å². The Labute approximate surface area is 170 Å². The number of guanidine groups is 1. The first-order valence-electron chi connectivity index (χ1n) is 9.92. The van der Waals surface area contributed by atoms with E-state index in [1.165, 1.54) is 18.2 Å². The number of hydrogen-bond donors (Lipinski definition) is 2. The van der Waals surface area contributed by atoms with Gasteiger partial charge in [-0.25, -0.2) is 4.39 Å². The monoisotopic (exact) mass is 398 g/mol. The van der Waals surface area contributed by atoms with E-state index in [-0.39, 0.29) is 5.56 Å². The molecule has 3 rings (SSSR count). The molecule has 29 heavy (non-hydrogen) atoms. The van der Waals surface area contributed by atoms with Gasteiger partial charge in [0.2, 0.25) is 5.96 Å². The maximum Gasteiger partial charge on any atom is 0.258 e. The average Bonchev–Trinajstić information content (AvgIpc) is 2.75. The first kappa shape index (κ1) is 21.0. The zero-order valence-electron chi connectivity index (χ0n) is 16.7. The Kier molecular flexibility index (Phi) is 7.72. The number of para-hydroxylation sites is 1. The van der Waals surface area contributed by atoms with Crippen LogP contribution in [0, 0.1) is 5.82 Å². The summed E-state index contributed by atoms with van der Waals surface area (Å²) in [5, 5.41) is 6.02. The van der Waals surface area contributed by atoms with Crippen LogP contribution in [0.5, 0.6) is 0 Å². The summed E-state index contributed by atoms with van der Waals surface area (Å²) in [5.74, 6) is -0.503. The van der Waals surface area contributed by atoms with Gasteiger partial charge >= 0.3 is 0 Å². The number of aryl methyl sites for hydroxylation is 1. The molecule has 1 fully saturated rings. The van der Waals surface area contributed by atoms with Gasteiger partial charge in [-0.1, -0.05) is 31.2 Å². The fourth-order valence-electron chi connectivity index (χ4n) is 3.13. The van der Waals surface area contributed by atoms with Crippen LogP contribution in [0.25, 0.3) is 0 Å². The molecule has 0 radical (unpaired) electrons. The molecule has 0 atom stereocenters. The van der Waals surface area contributed by atoms with Gasteiger partial charge in [-0.2, -0.15) is 0 Å². The van der Waals surface area contributed by atoms with E-state index >= 15 is 0 Å². The number of benzene rings is 2. The lowest BCUT2D eigenvalue weighted by atomic mass is 10.1. The maximum atomic E-state index is 13.5. The molecule has 0 saturated carbocycles. The predicted molar refractivity (Wildman–Crippen MR) is 113 cm³/mol. The van der Waals surface area contributed by atoms with E-state index in [4.69, 9.17) is 4.74 Å². The molecule has 1 aliphatic heterocycles. The summed E-state index contributed by atoms with van der Waals surface area (Å²) >= 11 is 0. The van der Waals surface area contributed by atoms with E-state index in [2.05, 4.69) is 27.4 Å². The van der Waals surface area contributed by atoms with Gasteiger partial charge in [0.25, 0.3) is 5.91 Å². The topological polar surface area (TPSA) is 66.0 Å². The van der Waals surface area contributed by atoms with E-state index in [0.29, 0.717) is 12.5 Å². The summed E-state index contributed by atoms with van der Waals surface area (Å²) < 4.78 is 18.8. The Morgan fingerprint density at radius 2 is 1.97 bits per heavy atom. The van der Waals surface area contributed by atoms with Crippen LogP contribution in [-0.4, -0.2) is 56.2 Å². The second kappa shape index (κ2) is 10.7. The molecule has 2 N–H and O–H groups in total.